The molecular weight excluding hydrogens is 245 g/mol. The van der Waals surface area contributed by atoms with E-state index in [1.165, 1.54) is 12.1 Å². The highest BCUT2D eigenvalue weighted by Gasteiger charge is 2.22. The molecule has 1 aromatic rings. The second-order valence-corrected chi connectivity index (χ2v) is 5.46. The minimum absolute atomic E-state index is 0.0623. The van der Waals surface area contributed by atoms with Gasteiger partial charge in [0.2, 0.25) is 0 Å². The fourth-order valence-electron chi connectivity index (χ4n) is 1.25. The Morgan fingerprint density at radius 2 is 1.86 bits per heavy atom. The van der Waals surface area contributed by atoms with Crippen LogP contribution < -0.4 is 5.73 Å². The van der Waals surface area contributed by atoms with Gasteiger partial charge >= 0.3 is 0 Å². The molecule has 3 heteroatoms. The van der Waals surface area contributed by atoms with Crippen molar-refractivity contribution in [3.63, 3.8) is 0 Å². The standard InChI is InChI=1S/C11H15BrFN/c1-11(2,3)10(14)7-4-8(12)6-9(13)5-7/h4-6,10H,14H2,1-3H3. The molecule has 0 aliphatic carbocycles. The molecule has 0 bridgehead atoms. The molecule has 1 rings (SSSR count). The van der Waals surface area contributed by atoms with E-state index in [9.17, 15) is 4.39 Å². The smallest absolute Gasteiger partial charge is 0.124 e. The van der Waals surface area contributed by atoms with Gasteiger partial charge in [-0.2, -0.15) is 0 Å². The quantitative estimate of drug-likeness (QED) is 0.819. The summed E-state index contributed by atoms with van der Waals surface area (Å²) in [6.07, 6.45) is 0. The average molecular weight is 260 g/mol. The van der Waals surface area contributed by atoms with Crippen LogP contribution in [0.25, 0.3) is 0 Å². The molecule has 14 heavy (non-hydrogen) atoms. The Labute approximate surface area is 92.6 Å². The molecule has 1 unspecified atom stereocenters. The van der Waals surface area contributed by atoms with Crippen molar-refractivity contribution in [3.05, 3.63) is 34.1 Å². The average Bonchev–Trinajstić information content (AvgIpc) is 1.99. The summed E-state index contributed by atoms with van der Waals surface area (Å²) in [5.74, 6) is -0.255. The van der Waals surface area contributed by atoms with Gasteiger partial charge in [0.1, 0.15) is 5.82 Å². The zero-order valence-electron chi connectivity index (χ0n) is 8.64. The van der Waals surface area contributed by atoms with E-state index in [4.69, 9.17) is 5.73 Å². The largest absolute Gasteiger partial charge is 0.324 e. The van der Waals surface area contributed by atoms with E-state index in [0.29, 0.717) is 0 Å². The molecule has 0 fully saturated rings. The van der Waals surface area contributed by atoms with Gasteiger partial charge in [-0.1, -0.05) is 36.7 Å². The number of nitrogens with two attached hydrogens (primary N) is 1. The molecule has 2 N–H and O–H groups in total. The van der Waals surface area contributed by atoms with E-state index in [1.807, 2.05) is 26.8 Å². The molecule has 1 atom stereocenters. The second-order valence-electron chi connectivity index (χ2n) is 4.55. The fourth-order valence-corrected chi connectivity index (χ4v) is 1.74. The van der Waals surface area contributed by atoms with E-state index in [-0.39, 0.29) is 17.3 Å². The Balaban J connectivity index is 3.07. The topological polar surface area (TPSA) is 26.0 Å². The Kier molecular flexibility index (Phi) is 3.32. The third-order valence-corrected chi connectivity index (χ3v) is 2.63. The molecule has 78 valence electrons. The Morgan fingerprint density at radius 1 is 1.29 bits per heavy atom. The molecule has 0 saturated carbocycles. The summed E-state index contributed by atoms with van der Waals surface area (Å²) in [5, 5.41) is 0. The lowest BCUT2D eigenvalue weighted by Gasteiger charge is -2.27. The van der Waals surface area contributed by atoms with Gasteiger partial charge in [-0.3, -0.25) is 0 Å². The predicted octanol–water partition coefficient (Wildman–Crippen LogP) is 3.63. The zero-order chi connectivity index (χ0) is 10.9. The van der Waals surface area contributed by atoms with Gasteiger partial charge in [-0.15, -0.1) is 0 Å². The van der Waals surface area contributed by atoms with Gasteiger partial charge in [0.25, 0.3) is 0 Å². The van der Waals surface area contributed by atoms with Crippen molar-refractivity contribution in [3.8, 4) is 0 Å². The lowest BCUT2D eigenvalue weighted by molar-refractivity contribution is 0.326. The van der Waals surface area contributed by atoms with Crippen LogP contribution in [0.1, 0.15) is 32.4 Å². The molecule has 1 aromatic carbocycles. The second kappa shape index (κ2) is 3.99. The van der Waals surface area contributed by atoms with Crippen molar-refractivity contribution in [2.24, 2.45) is 11.1 Å². The summed E-state index contributed by atoms with van der Waals surface area (Å²) in [6.45, 7) is 6.11. The van der Waals surface area contributed by atoms with Crippen molar-refractivity contribution < 1.29 is 4.39 Å². The number of rotatable bonds is 1. The van der Waals surface area contributed by atoms with Crippen molar-refractivity contribution in [1.82, 2.24) is 0 Å². The van der Waals surface area contributed by atoms with Gasteiger partial charge in [-0.25, -0.2) is 4.39 Å². The molecule has 0 aliphatic heterocycles. The maximum atomic E-state index is 13.1. The number of hydrogen-bond donors (Lipinski definition) is 1. The third kappa shape index (κ3) is 2.79. The molecule has 0 aliphatic rings. The molecule has 0 radical (unpaired) electrons. The van der Waals surface area contributed by atoms with Crippen LogP contribution in [0.2, 0.25) is 0 Å². The van der Waals surface area contributed by atoms with Crippen LogP contribution in [0, 0.1) is 11.2 Å². The predicted molar refractivity (Wildman–Crippen MR) is 60.5 cm³/mol. The highest BCUT2D eigenvalue weighted by atomic mass is 79.9. The van der Waals surface area contributed by atoms with E-state index < -0.39 is 0 Å². The van der Waals surface area contributed by atoms with E-state index in [0.717, 1.165) is 10.0 Å². The Bertz CT molecular complexity index is 310. The van der Waals surface area contributed by atoms with Gasteiger partial charge in [0.15, 0.2) is 0 Å². The maximum Gasteiger partial charge on any atom is 0.124 e. The van der Waals surface area contributed by atoms with Crippen molar-refractivity contribution in [2.75, 3.05) is 0 Å². The number of halogens is 2. The van der Waals surface area contributed by atoms with Crippen LogP contribution in [0.4, 0.5) is 4.39 Å². The maximum absolute atomic E-state index is 13.1. The number of benzene rings is 1. The highest BCUT2D eigenvalue weighted by molar-refractivity contribution is 9.10. The minimum Gasteiger partial charge on any atom is -0.324 e. The van der Waals surface area contributed by atoms with E-state index >= 15 is 0 Å². The van der Waals surface area contributed by atoms with Crippen LogP contribution in [0.15, 0.2) is 22.7 Å². The summed E-state index contributed by atoms with van der Waals surface area (Å²) in [5.41, 5.74) is 6.78. The SMILES string of the molecule is CC(C)(C)C(N)c1cc(F)cc(Br)c1. The van der Waals surface area contributed by atoms with Crippen LogP contribution in [-0.4, -0.2) is 0 Å². The van der Waals surface area contributed by atoms with Crippen LogP contribution >= 0.6 is 15.9 Å². The van der Waals surface area contributed by atoms with Crippen LogP contribution in [-0.2, 0) is 0 Å². The summed E-state index contributed by atoms with van der Waals surface area (Å²) in [6, 6.07) is 4.62. The fraction of sp³-hybridized carbons (Fsp3) is 0.455. The monoisotopic (exact) mass is 259 g/mol. The first-order valence-electron chi connectivity index (χ1n) is 4.52. The van der Waals surface area contributed by atoms with Crippen molar-refractivity contribution in [2.45, 2.75) is 26.8 Å². The van der Waals surface area contributed by atoms with Crippen molar-refractivity contribution >= 4 is 15.9 Å². The molecule has 0 saturated heterocycles. The van der Waals surface area contributed by atoms with E-state index in [1.54, 1.807) is 0 Å². The molecule has 0 heterocycles. The van der Waals surface area contributed by atoms with Crippen LogP contribution in [0.5, 0.6) is 0 Å². The molecule has 0 amide bonds. The Morgan fingerprint density at radius 3 is 2.29 bits per heavy atom. The first-order valence-corrected chi connectivity index (χ1v) is 5.31. The summed E-state index contributed by atoms with van der Waals surface area (Å²) < 4.78 is 13.8. The summed E-state index contributed by atoms with van der Waals surface area (Å²) in [4.78, 5) is 0. The normalized spacial score (nSPS) is 14.1. The third-order valence-electron chi connectivity index (χ3n) is 2.18. The number of hydrogen-bond acceptors (Lipinski definition) is 1. The van der Waals surface area contributed by atoms with Gasteiger partial charge in [-0.05, 0) is 29.2 Å². The summed E-state index contributed by atoms with van der Waals surface area (Å²) >= 11 is 3.25. The lowest BCUT2D eigenvalue weighted by Crippen LogP contribution is -2.26. The van der Waals surface area contributed by atoms with E-state index in [2.05, 4.69) is 15.9 Å². The summed E-state index contributed by atoms with van der Waals surface area (Å²) in [7, 11) is 0. The molecule has 1 nitrogen and oxygen atoms in total. The Hall–Kier alpha value is -0.410. The minimum atomic E-state index is -0.255. The van der Waals surface area contributed by atoms with Gasteiger partial charge < -0.3 is 5.73 Å². The van der Waals surface area contributed by atoms with Crippen molar-refractivity contribution in [1.29, 1.82) is 0 Å². The highest BCUT2D eigenvalue weighted by Crippen LogP contribution is 2.31. The first-order chi connectivity index (χ1) is 6.30. The van der Waals surface area contributed by atoms with Gasteiger partial charge in [0, 0.05) is 10.5 Å². The molecule has 0 aromatic heterocycles. The molecular formula is C11H15BrFN. The first kappa shape index (κ1) is 11.7. The lowest BCUT2D eigenvalue weighted by atomic mass is 9.83. The van der Waals surface area contributed by atoms with Crippen LogP contribution in [0.3, 0.4) is 0 Å². The zero-order valence-corrected chi connectivity index (χ0v) is 10.2. The van der Waals surface area contributed by atoms with Gasteiger partial charge in [0.05, 0.1) is 0 Å². The molecule has 0 spiro atoms.